The number of hydrogen-bond acceptors (Lipinski definition) is 5. The first-order chi connectivity index (χ1) is 14.7. The highest BCUT2D eigenvalue weighted by atomic mass is 35.5. The van der Waals surface area contributed by atoms with Gasteiger partial charge in [0.1, 0.15) is 10.6 Å². The van der Waals surface area contributed by atoms with Gasteiger partial charge in [-0.05, 0) is 37.1 Å². The van der Waals surface area contributed by atoms with Gasteiger partial charge in [-0.2, -0.15) is 4.31 Å². The third kappa shape index (κ3) is 4.64. The molecule has 2 amide bonds. The Morgan fingerprint density at radius 2 is 1.90 bits per heavy atom. The van der Waals surface area contributed by atoms with Crippen molar-refractivity contribution in [1.29, 1.82) is 0 Å². The van der Waals surface area contributed by atoms with Gasteiger partial charge in [-0.1, -0.05) is 29.3 Å². The number of piperidine rings is 1. The number of hydrogen-bond donors (Lipinski definition) is 2. The Labute approximate surface area is 189 Å². The van der Waals surface area contributed by atoms with E-state index in [9.17, 15) is 18.0 Å². The van der Waals surface area contributed by atoms with Gasteiger partial charge in [0.2, 0.25) is 15.9 Å². The van der Waals surface area contributed by atoms with Gasteiger partial charge in [0, 0.05) is 35.8 Å². The van der Waals surface area contributed by atoms with E-state index in [4.69, 9.17) is 27.9 Å². The van der Waals surface area contributed by atoms with E-state index in [0.717, 1.165) is 0 Å². The molecule has 0 aromatic heterocycles. The van der Waals surface area contributed by atoms with E-state index in [2.05, 4.69) is 10.6 Å². The molecule has 0 atom stereocenters. The van der Waals surface area contributed by atoms with Crippen molar-refractivity contribution in [1.82, 2.24) is 4.31 Å². The van der Waals surface area contributed by atoms with Gasteiger partial charge in [0.05, 0.1) is 10.7 Å². The number of benzene rings is 2. The molecular formula is C20H19Cl2N3O5S. The normalized spacial score (nSPS) is 17.4. The van der Waals surface area contributed by atoms with Crippen molar-refractivity contribution in [3.05, 3.63) is 46.4 Å². The molecule has 2 aromatic rings. The lowest BCUT2D eigenvalue weighted by Gasteiger charge is -2.31. The van der Waals surface area contributed by atoms with Crippen molar-refractivity contribution < 1.29 is 22.7 Å². The number of nitrogens with zero attached hydrogens (tertiary/aromatic N) is 1. The van der Waals surface area contributed by atoms with Gasteiger partial charge < -0.3 is 15.4 Å². The third-order valence-corrected chi connectivity index (χ3v) is 7.80. The largest absolute Gasteiger partial charge is 0.482 e. The van der Waals surface area contributed by atoms with Crippen molar-refractivity contribution >= 4 is 56.4 Å². The first-order valence-corrected chi connectivity index (χ1v) is 11.8. The summed E-state index contributed by atoms with van der Waals surface area (Å²) in [4.78, 5) is 23.9. The molecule has 2 aliphatic heterocycles. The van der Waals surface area contributed by atoms with E-state index >= 15 is 0 Å². The lowest BCUT2D eigenvalue weighted by Crippen LogP contribution is -2.41. The van der Waals surface area contributed by atoms with Crippen LogP contribution in [-0.2, 0) is 19.6 Å². The molecule has 8 nitrogen and oxygen atoms in total. The highest BCUT2D eigenvalue weighted by molar-refractivity contribution is 7.89. The van der Waals surface area contributed by atoms with Crippen LogP contribution in [0.5, 0.6) is 5.75 Å². The SMILES string of the molecule is O=C1COc2cc(S(=O)(=O)N3CCC(C(=O)Nc4cccc(Cl)c4)CC3)c(Cl)cc2N1. The van der Waals surface area contributed by atoms with Crippen molar-refractivity contribution in [3.63, 3.8) is 0 Å². The van der Waals surface area contributed by atoms with E-state index in [1.54, 1.807) is 24.3 Å². The van der Waals surface area contributed by atoms with E-state index < -0.39 is 10.0 Å². The maximum atomic E-state index is 13.1. The maximum absolute atomic E-state index is 13.1. The van der Waals surface area contributed by atoms with Gasteiger partial charge in [-0.3, -0.25) is 9.59 Å². The Bertz CT molecular complexity index is 1150. The number of carbonyl (C=O) groups excluding carboxylic acids is 2. The molecule has 0 unspecified atom stereocenters. The summed E-state index contributed by atoms with van der Waals surface area (Å²) in [7, 11) is -3.89. The van der Waals surface area contributed by atoms with Gasteiger partial charge in [-0.25, -0.2) is 8.42 Å². The zero-order chi connectivity index (χ0) is 22.2. The summed E-state index contributed by atoms with van der Waals surface area (Å²) in [6.07, 6.45) is 0.751. The fraction of sp³-hybridized carbons (Fsp3) is 0.300. The van der Waals surface area contributed by atoms with Crippen LogP contribution in [0, 0.1) is 5.92 Å². The van der Waals surface area contributed by atoms with Crippen LogP contribution in [0.25, 0.3) is 0 Å². The van der Waals surface area contributed by atoms with Crippen molar-refractivity contribution in [3.8, 4) is 5.75 Å². The number of halogens is 2. The van der Waals surface area contributed by atoms with Crippen LogP contribution < -0.4 is 15.4 Å². The molecule has 164 valence electrons. The van der Waals surface area contributed by atoms with Crippen LogP contribution in [0.4, 0.5) is 11.4 Å². The first kappa shape index (κ1) is 21.9. The number of fused-ring (bicyclic) bond motifs is 1. The minimum absolute atomic E-state index is 0.00891. The number of amides is 2. The zero-order valence-electron chi connectivity index (χ0n) is 16.2. The van der Waals surface area contributed by atoms with E-state index in [0.29, 0.717) is 29.2 Å². The highest BCUT2D eigenvalue weighted by Gasteiger charge is 2.34. The summed E-state index contributed by atoms with van der Waals surface area (Å²) in [6, 6.07) is 9.54. The molecule has 0 radical (unpaired) electrons. The topological polar surface area (TPSA) is 105 Å². The van der Waals surface area contributed by atoms with E-state index in [1.165, 1.54) is 16.4 Å². The smallest absolute Gasteiger partial charge is 0.262 e. The lowest BCUT2D eigenvalue weighted by molar-refractivity contribution is -0.121. The molecule has 0 spiro atoms. The molecule has 0 bridgehead atoms. The predicted octanol–water partition coefficient (Wildman–Crippen LogP) is 3.36. The summed E-state index contributed by atoms with van der Waals surface area (Å²) < 4.78 is 32.9. The Kier molecular flexibility index (Phi) is 6.11. The molecule has 2 heterocycles. The lowest BCUT2D eigenvalue weighted by atomic mass is 9.97. The minimum atomic E-state index is -3.89. The molecular weight excluding hydrogens is 465 g/mol. The van der Waals surface area contributed by atoms with Gasteiger partial charge in [-0.15, -0.1) is 0 Å². The number of ether oxygens (including phenoxy) is 1. The first-order valence-electron chi connectivity index (χ1n) is 9.57. The van der Waals surface area contributed by atoms with Crippen LogP contribution in [0.15, 0.2) is 41.3 Å². The van der Waals surface area contributed by atoms with Crippen LogP contribution >= 0.6 is 23.2 Å². The molecule has 0 aliphatic carbocycles. The monoisotopic (exact) mass is 483 g/mol. The van der Waals surface area contributed by atoms with Gasteiger partial charge >= 0.3 is 0 Å². The van der Waals surface area contributed by atoms with E-state index in [1.807, 2.05) is 0 Å². The van der Waals surface area contributed by atoms with Crippen LogP contribution in [0.2, 0.25) is 10.0 Å². The van der Waals surface area contributed by atoms with Gasteiger partial charge in [0.25, 0.3) is 5.91 Å². The van der Waals surface area contributed by atoms with Crippen molar-refractivity contribution in [2.75, 3.05) is 30.3 Å². The summed E-state index contributed by atoms with van der Waals surface area (Å²) in [5.74, 6) is -0.575. The average molecular weight is 484 g/mol. The molecule has 0 saturated carbocycles. The van der Waals surface area contributed by atoms with E-state index in [-0.39, 0.29) is 53.1 Å². The second kappa shape index (κ2) is 8.66. The Morgan fingerprint density at radius 1 is 1.16 bits per heavy atom. The molecule has 1 fully saturated rings. The van der Waals surface area contributed by atoms with Crippen LogP contribution in [-0.4, -0.2) is 44.2 Å². The summed E-state index contributed by atoms with van der Waals surface area (Å²) in [5, 5.41) is 5.92. The summed E-state index contributed by atoms with van der Waals surface area (Å²) in [6.45, 7) is 0.170. The fourth-order valence-corrected chi connectivity index (χ4v) is 5.76. The molecule has 1 saturated heterocycles. The highest BCUT2D eigenvalue weighted by Crippen LogP contribution is 2.37. The number of nitrogens with one attached hydrogen (secondary N) is 2. The predicted molar refractivity (Wildman–Crippen MR) is 117 cm³/mol. The molecule has 11 heteroatoms. The number of sulfonamides is 1. The van der Waals surface area contributed by atoms with Crippen molar-refractivity contribution in [2.24, 2.45) is 5.92 Å². The van der Waals surface area contributed by atoms with Crippen molar-refractivity contribution in [2.45, 2.75) is 17.7 Å². The molecule has 31 heavy (non-hydrogen) atoms. The van der Waals surface area contributed by atoms with Crippen LogP contribution in [0.1, 0.15) is 12.8 Å². The molecule has 2 aliphatic rings. The third-order valence-electron chi connectivity index (χ3n) is 5.20. The Hall–Kier alpha value is -2.33. The second-order valence-corrected chi connectivity index (χ2v) is 10.0. The maximum Gasteiger partial charge on any atom is 0.262 e. The number of rotatable bonds is 4. The number of carbonyl (C=O) groups is 2. The molecule has 4 rings (SSSR count). The second-order valence-electron chi connectivity index (χ2n) is 7.29. The summed E-state index contributed by atoms with van der Waals surface area (Å²) in [5.41, 5.74) is 0.928. The van der Waals surface area contributed by atoms with Gasteiger partial charge in [0.15, 0.2) is 6.61 Å². The summed E-state index contributed by atoms with van der Waals surface area (Å²) >= 11 is 12.1. The fourth-order valence-electron chi connectivity index (χ4n) is 3.59. The standard InChI is InChI=1S/C20H19Cl2N3O5S/c21-13-2-1-3-14(8-13)23-20(27)12-4-6-25(7-5-12)31(28,29)18-10-17-16(9-15(18)22)24-19(26)11-30-17/h1-3,8-10,12H,4-7,11H2,(H,23,27)(H,24,26). The zero-order valence-corrected chi connectivity index (χ0v) is 18.6. The average Bonchev–Trinajstić information content (AvgIpc) is 2.73. The molecule has 2 aromatic carbocycles. The Balaban J connectivity index is 1.44. The quantitative estimate of drug-likeness (QED) is 0.693. The van der Waals surface area contributed by atoms with Crippen LogP contribution in [0.3, 0.4) is 0 Å². The Morgan fingerprint density at radius 3 is 2.61 bits per heavy atom. The molecule has 2 N–H and O–H groups in total. The minimum Gasteiger partial charge on any atom is -0.482 e. The number of anilines is 2.